The number of halogens is 9. The lowest BCUT2D eigenvalue weighted by Crippen LogP contribution is -2.51. The maximum atomic E-state index is 13.6. The van der Waals surface area contributed by atoms with Gasteiger partial charge < -0.3 is 15.7 Å². The van der Waals surface area contributed by atoms with Crippen LogP contribution in [0.15, 0.2) is 42.6 Å². The zero-order valence-corrected chi connectivity index (χ0v) is 21.9. The van der Waals surface area contributed by atoms with Crippen LogP contribution in [0.5, 0.6) is 0 Å². The number of carbonyl (C=O) groups is 2. The van der Waals surface area contributed by atoms with Crippen molar-refractivity contribution in [2.24, 2.45) is 5.41 Å². The summed E-state index contributed by atoms with van der Waals surface area (Å²) in [5.74, 6) is -2.76. The zero-order chi connectivity index (χ0) is 31.3. The van der Waals surface area contributed by atoms with Gasteiger partial charge in [-0.1, -0.05) is 32.9 Å². The number of carboxylic acids is 1. The van der Waals surface area contributed by atoms with Gasteiger partial charge in [0.15, 0.2) is 0 Å². The van der Waals surface area contributed by atoms with Gasteiger partial charge >= 0.3 is 30.5 Å². The number of alkyl halides is 9. The molecule has 0 bridgehead atoms. The van der Waals surface area contributed by atoms with E-state index in [4.69, 9.17) is 9.90 Å². The first-order valence-corrected chi connectivity index (χ1v) is 11.4. The van der Waals surface area contributed by atoms with Gasteiger partial charge in [-0.15, -0.1) is 0 Å². The SMILES string of the molecule is CC(C)(C)CC(C)(C)NC(=O)N[C@@H](c1ccc(C(F)(F)F)cc1)c1ncccc1C(F)(F)F.O=C(O)C(F)(F)F. The predicted molar refractivity (Wildman–Crippen MR) is 126 cm³/mol. The molecule has 15 heteroatoms. The maximum absolute atomic E-state index is 13.6. The number of nitrogens with zero attached hydrogens (tertiary/aromatic N) is 1. The summed E-state index contributed by atoms with van der Waals surface area (Å²) in [5, 5.41) is 12.3. The largest absolute Gasteiger partial charge is 0.490 e. The van der Waals surface area contributed by atoms with E-state index in [1.165, 1.54) is 0 Å². The van der Waals surface area contributed by atoms with Crippen molar-refractivity contribution < 1.29 is 54.2 Å². The van der Waals surface area contributed by atoms with Crippen molar-refractivity contribution >= 4 is 12.0 Å². The molecule has 0 aliphatic heterocycles. The number of hydrogen-bond donors (Lipinski definition) is 3. The molecular weight excluding hydrogens is 561 g/mol. The molecule has 0 saturated carbocycles. The molecule has 0 aliphatic rings. The fraction of sp³-hybridized carbons (Fsp3) is 0.480. The van der Waals surface area contributed by atoms with E-state index < -0.39 is 58.9 Å². The smallest absolute Gasteiger partial charge is 0.475 e. The Kier molecular flexibility index (Phi) is 10.6. The lowest BCUT2D eigenvalue weighted by Gasteiger charge is -2.34. The third-order valence-corrected chi connectivity index (χ3v) is 4.93. The second kappa shape index (κ2) is 12.3. The van der Waals surface area contributed by atoms with Crippen LogP contribution in [0.4, 0.5) is 44.3 Å². The topological polar surface area (TPSA) is 91.3 Å². The molecule has 0 spiro atoms. The summed E-state index contributed by atoms with van der Waals surface area (Å²) in [6.07, 6.45) is -12.8. The number of amides is 2. The van der Waals surface area contributed by atoms with Crippen LogP contribution in [-0.2, 0) is 17.1 Å². The third-order valence-electron chi connectivity index (χ3n) is 4.93. The summed E-state index contributed by atoms with van der Waals surface area (Å²) in [7, 11) is 0. The Balaban J connectivity index is 0.00000101. The Hall–Kier alpha value is -3.52. The third kappa shape index (κ3) is 11.3. The molecular formula is C25H28F9N3O3. The van der Waals surface area contributed by atoms with Crippen LogP contribution in [0.3, 0.4) is 0 Å². The minimum absolute atomic E-state index is 0.0241. The Morgan fingerprint density at radius 2 is 1.35 bits per heavy atom. The fourth-order valence-electron chi connectivity index (χ4n) is 3.91. The molecule has 2 amide bonds. The van der Waals surface area contributed by atoms with E-state index in [9.17, 15) is 44.3 Å². The van der Waals surface area contributed by atoms with Crippen LogP contribution < -0.4 is 10.6 Å². The van der Waals surface area contributed by atoms with E-state index in [0.29, 0.717) is 6.42 Å². The molecule has 2 rings (SSSR count). The molecule has 2 aromatic rings. The van der Waals surface area contributed by atoms with Crippen molar-refractivity contribution in [2.75, 3.05) is 0 Å². The molecule has 40 heavy (non-hydrogen) atoms. The number of hydrogen-bond acceptors (Lipinski definition) is 3. The number of nitrogens with one attached hydrogen (secondary N) is 2. The first-order chi connectivity index (χ1) is 17.8. The predicted octanol–water partition coefficient (Wildman–Crippen LogP) is 7.36. The van der Waals surface area contributed by atoms with Gasteiger partial charge in [-0.05, 0) is 55.5 Å². The van der Waals surface area contributed by atoms with Gasteiger partial charge in [0.05, 0.1) is 22.9 Å². The zero-order valence-electron chi connectivity index (χ0n) is 21.9. The maximum Gasteiger partial charge on any atom is 0.490 e. The molecule has 0 radical (unpaired) electrons. The molecule has 0 fully saturated rings. The quantitative estimate of drug-likeness (QED) is 0.318. The van der Waals surface area contributed by atoms with Crippen LogP contribution in [0.2, 0.25) is 0 Å². The van der Waals surface area contributed by atoms with Crippen LogP contribution >= 0.6 is 0 Å². The summed E-state index contributed by atoms with van der Waals surface area (Å²) >= 11 is 0. The highest BCUT2D eigenvalue weighted by Crippen LogP contribution is 2.36. The van der Waals surface area contributed by atoms with E-state index in [-0.39, 0.29) is 11.0 Å². The number of carboxylic acid groups (broad SMARTS) is 1. The average molecular weight is 589 g/mol. The van der Waals surface area contributed by atoms with E-state index >= 15 is 0 Å². The molecule has 1 aromatic heterocycles. The highest BCUT2D eigenvalue weighted by Gasteiger charge is 2.39. The van der Waals surface area contributed by atoms with Gasteiger partial charge in [0.1, 0.15) is 0 Å². The number of aliphatic carboxylic acids is 1. The molecule has 0 saturated heterocycles. The van der Waals surface area contributed by atoms with Crippen molar-refractivity contribution in [3.8, 4) is 0 Å². The van der Waals surface area contributed by atoms with E-state index in [1.807, 2.05) is 20.8 Å². The summed E-state index contributed by atoms with van der Waals surface area (Å²) in [6.45, 7) is 9.47. The number of aromatic nitrogens is 1. The van der Waals surface area contributed by atoms with E-state index in [1.54, 1.807) is 13.8 Å². The van der Waals surface area contributed by atoms with E-state index in [2.05, 4.69) is 15.6 Å². The molecule has 0 aliphatic carbocycles. The monoisotopic (exact) mass is 589 g/mol. The molecule has 224 valence electrons. The Bertz CT molecular complexity index is 1150. The minimum atomic E-state index is -5.08. The standard InChI is InChI=1S/C23H27F6N3O.C2HF3O2/c1-20(2,3)13-21(4,5)32-19(33)31-17(14-8-10-15(11-9-14)22(24,25)26)18-16(23(27,28)29)7-6-12-30-18;3-2(4,5)1(6)7/h6-12,17H,13H2,1-5H3,(H2,31,32,33);(H,6,7)/t17-;/m0./s1. The van der Waals surface area contributed by atoms with Crippen molar-refractivity contribution in [3.05, 3.63) is 65.0 Å². The molecule has 0 unspecified atom stereocenters. The minimum Gasteiger partial charge on any atom is -0.475 e. The molecule has 3 N–H and O–H groups in total. The number of carbonyl (C=O) groups excluding carboxylic acids is 1. The van der Waals surface area contributed by atoms with Crippen molar-refractivity contribution in [2.45, 2.75) is 71.1 Å². The molecule has 1 heterocycles. The van der Waals surface area contributed by atoms with Crippen LogP contribution in [0.25, 0.3) is 0 Å². The van der Waals surface area contributed by atoms with Crippen LogP contribution in [0, 0.1) is 5.41 Å². The van der Waals surface area contributed by atoms with Crippen molar-refractivity contribution in [1.82, 2.24) is 15.6 Å². The summed E-state index contributed by atoms with van der Waals surface area (Å²) < 4.78 is 111. The van der Waals surface area contributed by atoms with Gasteiger partial charge in [-0.3, -0.25) is 4.98 Å². The lowest BCUT2D eigenvalue weighted by atomic mass is 9.82. The van der Waals surface area contributed by atoms with Gasteiger partial charge in [-0.25, -0.2) is 9.59 Å². The summed E-state index contributed by atoms with van der Waals surface area (Å²) in [5.41, 5.74) is -3.40. The number of benzene rings is 1. The van der Waals surface area contributed by atoms with Crippen LogP contribution in [-0.4, -0.2) is 33.8 Å². The van der Waals surface area contributed by atoms with Gasteiger partial charge in [-0.2, -0.15) is 39.5 Å². The summed E-state index contributed by atoms with van der Waals surface area (Å²) in [4.78, 5) is 25.5. The van der Waals surface area contributed by atoms with Gasteiger partial charge in [0, 0.05) is 11.7 Å². The molecule has 1 aromatic carbocycles. The second-order valence-electron chi connectivity index (χ2n) is 10.5. The van der Waals surface area contributed by atoms with Crippen molar-refractivity contribution in [3.63, 3.8) is 0 Å². The second-order valence-corrected chi connectivity index (χ2v) is 10.5. The Morgan fingerprint density at radius 3 is 1.75 bits per heavy atom. The number of rotatable bonds is 5. The van der Waals surface area contributed by atoms with Gasteiger partial charge in [0.2, 0.25) is 0 Å². The lowest BCUT2D eigenvalue weighted by molar-refractivity contribution is -0.192. The highest BCUT2D eigenvalue weighted by atomic mass is 19.4. The molecule has 1 atom stereocenters. The van der Waals surface area contributed by atoms with E-state index in [0.717, 1.165) is 42.6 Å². The average Bonchev–Trinajstić information content (AvgIpc) is 2.74. The van der Waals surface area contributed by atoms with Gasteiger partial charge in [0.25, 0.3) is 0 Å². The van der Waals surface area contributed by atoms with Crippen LogP contribution in [0.1, 0.15) is 69.5 Å². The fourth-order valence-corrected chi connectivity index (χ4v) is 3.91. The first-order valence-electron chi connectivity index (χ1n) is 11.4. The number of pyridine rings is 1. The Morgan fingerprint density at radius 1 is 0.850 bits per heavy atom. The first kappa shape index (κ1) is 34.5. The summed E-state index contributed by atoms with van der Waals surface area (Å²) in [6, 6.07) is 3.27. The number of urea groups is 1. The normalized spacial score (nSPS) is 13.6. The molecule has 6 nitrogen and oxygen atoms in total. The van der Waals surface area contributed by atoms with Crippen molar-refractivity contribution in [1.29, 1.82) is 0 Å². The highest BCUT2D eigenvalue weighted by molar-refractivity contribution is 5.76. The Labute approximate surface area is 224 Å².